The number of methoxy groups -OCH3 is 2. The third kappa shape index (κ3) is 7.04. The molecule has 3 fully saturated rings. The highest BCUT2D eigenvalue weighted by atomic mass is 16.8. The monoisotopic (exact) mass is 502 g/mol. The van der Waals surface area contributed by atoms with E-state index in [1.807, 2.05) is 0 Å². The molecule has 2 N–H and O–H groups in total. The Bertz CT molecular complexity index is 783. The van der Waals surface area contributed by atoms with Gasteiger partial charge in [0.25, 0.3) is 5.91 Å². The molecule has 12 nitrogen and oxygen atoms in total. The largest absolute Gasteiger partial charge is 0.469 e. The summed E-state index contributed by atoms with van der Waals surface area (Å²) in [4.78, 5) is 37.8. The Morgan fingerprint density at radius 3 is 2.49 bits per heavy atom. The van der Waals surface area contributed by atoms with E-state index in [1.54, 1.807) is 34.6 Å². The van der Waals surface area contributed by atoms with Crippen LogP contribution in [0.4, 0.5) is 4.79 Å². The highest BCUT2D eigenvalue weighted by Crippen LogP contribution is 2.40. The summed E-state index contributed by atoms with van der Waals surface area (Å²) in [5.41, 5.74) is -0.686. The van der Waals surface area contributed by atoms with Crippen LogP contribution in [-0.4, -0.2) is 93.0 Å². The van der Waals surface area contributed by atoms with E-state index in [4.69, 9.17) is 33.2 Å². The molecule has 7 atom stereocenters. The average Bonchev–Trinajstić information content (AvgIpc) is 3.23. The number of fused-ring (bicyclic) bond motifs is 1. The highest BCUT2D eigenvalue weighted by molar-refractivity contribution is 5.83. The van der Waals surface area contributed by atoms with E-state index >= 15 is 0 Å². The molecule has 2 amide bonds. The van der Waals surface area contributed by atoms with Crippen molar-refractivity contribution in [2.45, 2.75) is 108 Å². The lowest BCUT2D eigenvalue weighted by molar-refractivity contribution is -0.220. The quantitative estimate of drug-likeness (QED) is 0.485. The molecule has 0 bridgehead atoms. The van der Waals surface area contributed by atoms with Gasteiger partial charge < -0.3 is 43.8 Å². The molecule has 35 heavy (non-hydrogen) atoms. The Morgan fingerprint density at radius 1 is 1.14 bits per heavy atom. The van der Waals surface area contributed by atoms with Gasteiger partial charge in [-0.2, -0.15) is 0 Å². The first-order valence-corrected chi connectivity index (χ1v) is 11.9. The number of hydrogen-bond donors (Lipinski definition) is 2. The van der Waals surface area contributed by atoms with Gasteiger partial charge in [-0.1, -0.05) is 0 Å². The first-order chi connectivity index (χ1) is 16.3. The smallest absolute Gasteiger partial charge is 0.407 e. The SMILES string of the molecule is COC(=O)C[C@@H](NC(=O)[C@@H]1OCCC[C@H]1NC(=O)OC(C)(C)C)[C@H]1O[C@@H]2OC(C)(C)O[C@@H]2[C@H]1OC. The average molecular weight is 503 g/mol. The number of rotatable bonds is 7. The van der Waals surface area contributed by atoms with Crippen molar-refractivity contribution in [1.29, 1.82) is 0 Å². The summed E-state index contributed by atoms with van der Waals surface area (Å²) < 4.78 is 39.3. The summed E-state index contributed by atoms with van der Waals surface area (Å²) in [5, 5.41) is 5.57. The van der Waals surface area contributed by atoms with Crippen molar-refractivity contribution in [2.75, 3.05) is 20.8 Å². The fourth-order valence-corrected chi connectivity index (χ4v) is 4.52. The lowest BCUT2D eigenvalue weighted by atomic mass is 9.98. The lowest BCUT2D eigenvalue weighted by Crippen LogP contribution is -2.59. The van der Waals surface area contributed by atoms with Gasteiger partial charge in [0, 0.05) is 13.7 Å². The van der Waals surface area contributed by atoms with Gasteiger partial charge in [0.2, 0.25) is 0 Å². The van der Waals surface area contributed by atoms with Crippen molar-refractivity contribution in [3.8, 4) is 0 Å². The Morgan fingerprint density at radius 2 is 1.86 bits per heavy atom. The fraction of sp³-hybridized carbons (Fsp3) is 0.870. The predicted octanol–water partition coefficient (Wildman–Crippen LogP) is 0.998. The van der Waals surface area contributed by atoms with Gasteiger partial charge in [0.05, 0.1) is 25.6 Å². The summed E-state index contributed by atoms with van der Waals surface area (Å²) in [5.74, 6) is -1.90. The van der Waals surface area contributed by atoms with Crippen molar-refractivity contribution in [3.05, 3.63) is 0 Å². The molecule has 200 valence electrons. The van der Waals surface area contributed by atoms with E-state index in [2.05, 4.69) is 10.6 Å². The number of ether oxygens (including phenoxy) is 7. The molecule has 0 aromatic heterocycles. The molecule has 12 heteroatoms. The molecule has 3 aliphatic rings. The van der Waals surface area contributed by atoms with Crippen molar-refractivity contribution < 1.29 is 47.5 Å². The predicted molar refractivity (Wildman–Crippen MR) is 120 cm³/mol. The highest BCUT2D eigenvalue weighted by Gasteiger charge is 2.57. The van der Waals surface area contributed by atoms with Gasteiger partial charge >= 0.3 is 12.1 Å². The van der Waals surface area contributed by atoms with Gasteiger partial charge in [0.15, 0.2) is 18.2 Å². The zero-order valence-electron chi connectivity index (χ0n) is 21.5. The van der Waals surface area contributed by atoms with Crippen LogP contribution >= 0.6 is 0 Å². The number of amides is 2. The number of esters is 1. The minimum absolute atomic E-state index is 0.174. The summed E-state index contributed by atoms with van der Waals surface area (Å²) in [6.07, 6.45) is -3.22. The molecule has 3 saturated heterocycles. The first kappa shape index (κ1) is 27.6. The van der Waals surface area contributed by atoms with Gasteiger partial charge in [-0.25, -0.2) is 4.79 Å². The Kier molecular flexibility index (Phi) is 8.64. The van der Waals surface area contributed by atoms with Gasteiger partial charge in [0.1, 0.15) is 23.9 Å². The van der Waals surface area contributed by atoms with Crippen molar-refractivity contribution in [3.63, 3.8) is 0 Å². The second-order valence-electron chi connectivity index (χ2n) is 10.4. The summed E-state index contributed by atoms with van der Waals surface area (Å²) in [7, 11) is 2.76. The number of alkyl carbamates (subject to hydrolysis) is 1. The third-order valence-corrected chi connectivity index (χ3v) is 5.92. The minimum atomic E-state index is -0.982. The van der Waals surface area contributed by atoms with E-state index in [1.165, 1.54) is 14.2 Å². The maximum Gasteiger partial charge on any atom is 0.407 e. The van der Waals surface area contributed by atoms with E-state index in [-0.39, 0.29) is 6.42 Å². The summed E-state index contributed by atoms with van der Waals surface area (Å²) in [6.45, 7) is 9.15. The molecule has 0 aromatic carbocycles. The first-order valence-electron chi connectivity index (χ1n) is 11.9. The van der Waals surface area contributed by atoms with E-state index < -0.39 is 72.1 Å². The second kappa shape index (κ2) is 11.0. The molecule has 0 aliphatic carbocycles. The van der Waals surface area contributed by atoms with Crippen molar-refractivity contribution >= 4 is 18.0 Å². The molecular weight excluding hydrogens is 464 g/mol. The van der Waals surface area contributed by atoms with Crippen molar-refractivity contribution in [2.24, 2.45) is 0 Å². The van der Waals surface area contributed by atoms with Crippen molar-refractivity contribution in [1.82, 2.24) is 10.6 Å². The molecular formula is C23H38N2O10. The topological polar surface area (TPSA) is 140 Å². The van der Waals surface area contributed by atoms with Crippen LogP contribution < -0.4 is 10.6 Å². The standard InChI is InChI=1S/C23H38N2O10/c1-22(2,3)35-21(28)25-12-9-8-10-31-16(12)19(27)24-13(11-14(26)29-6)15-17(30-7)18-20(32-15)34-23(4,5)33-18/h12-13,15-18,20H,8-11H2,1-7H3,(H,24,27)(H,25,28)/t12-,13-,15-,16-,17+,18-,20-/m1/s1. The second-order valence-corrected chi connectivity index (χ2v) is 10.4. The van der Waals surface area contributed by atoms with Gasteiger partial charge in [-0.3, -0.25) is 9.59 Å². The number of hydrogen-bond acceptors (Lipinski definition) is 10. The fourth-order valence-electron chi connectivity index (χ4n) is 4.52. The maximum absolute atomic E-state index is 13.3. The van der Waals surface area contributed by atoms with Crippen LogP contribution in [-0.2, 0) is 42.7 Å². The lowest BCUT2D eigenvalue weighted by Gasteiger charge is -2.35. The summed E-state index contributed by atoms with van der Waals surface area (Å²) in [6, 6.07) is -1.43. The van der Waals surface area contributed by atoms with E-state index in [0.717, 1.165) is 0 Å². The van der Waals surface area contributed by atoms with Crippen LogP contribution in [0.2, 0.25) is 0 Å². The van der Waals surface area contributed by atoms with Crippen LogP contribution in [0.3, 0.4) is 0 Å². The van der Waals surface area contributed by atoms with Crippen LogP contribution in [0.5, 0.6) is 0 Å². The number of carbonyl (C=O) groups excluding carboxylic acids is 3. The normalized spacial score (nSPS) is 32.9. The Balaban J connectivity index is 1.73. The van der Waals surface area contributed by atoms with Crippen LogP contribution in [0.25, 0.3) is 0 Å². The van der Waals surface area contributed by atoms with Crippen LogP contribution in [0.15, 0.2) is 0 Å². The van der Waals surface area contributed by atoms with E-state index in [0.29, 0.717) is 19.4 Å². The molecule has 3 heterocycles. The molecule has 0 saturated carbocycles. The van der Waals surface area contributed by atoms with Gasteiger partial charge in [-0.15, -0.1) is 0 Å². The zero-order valence-corrected chi connectivity index (χ0v) is 21.5. The zero-order chi connectivity index (χ0) is 26.0. The van der Waals surface area contributed by atoms with Crippen LogP contribution in [0, 0.1) is 0 Å². The molecule has 0 aromatic rings. The number of carbonyl (C=O) groups is 3. The Hall–Kier alpha value is -1.99. The Labute approximate surface area is 205 Å². The molecule has 0 radical (unpaired) electrons. The minimum Gasteiger partial charge on any atom is -0.469 e. The molecule has 0 unspecified atom stereocenters. The molecule has 3 rings (SSSR count). The number of nitrogens with one attached hydrogen (secondary N) is 2. The van der Waals surface area contributed by atoms with Crippen LogP contribution in [0.1, 0.15) is 53.9 Å². The summed E-state index contributed by atoms with van der Waals surface area (Å²) >= 11 is 0. The maximum atomic E-state index is 13.3. The third-order valence-electron chi connectivity index (χ3n) is 5.92. The van der Waals surface area contributed by atoms with E-state index in [9.17, 15) is 14.4 Å². The molecule has 0 spiro atoms. The molecule has 3 aliphatic heterocycles. The van der Waals surface area contributed by atoms with Gasteiger partial charge in [-0.05, 0) is 47.5 Å².